The van der Waals surface area contributed by atoms with Gasteiger partial charge in [0.25, 0.3) is 0 Å². The third kappa shape index (κ3) is 7.80. The molecular formula is C30H24BBrF4N4O2. The molecule has 0 amide bonds. The molecule has 3 heterocycles. The van der Waals surface area contributed by atoms with Gasteiger partial charge < -0.3 is 9.31 Å². The van der Waals surface area contributed by atoms with Crippen LogP contribution >= 0.6 is 15.9 Å². The van der Waals surface area contributed by atoms with Crippen LogP contribution in [0.2, 0.25) is 0 Å². The summed E-state index contributed by atoms with van der Waals surface area (Å²) in [6.07, 6.45) is 5.36. The van der Waals surface area contributed by atoms with E-state index in [1.54, 1.807) is 6.07 Å². The highest BCUT2D eigenvalue weighted by Crippen LogP contribution is 2.36. The van der Waals surface area contributed by atoms with Crippen molar-refractivity contribution in [1.29, 1.82) is 10.5 Å². The second-order valence-corrected chi connectivity index (χ2v) is 10.7. The molecule has 214 valence electrons. The lowest BCUT2D eigenvalue weighted by atomic mass is 9.78. The summed E-state index contributed by atoms with van der Waals surface area (Å²) in [5, 5.41) is 17.3. The number of benzene rings is 2. The highest BCUT2D eigenvalue weighted by molar-refractivity contribution is 9.10. The Morgan fingerprint density at radius 2 is 1.21 bits per heavy atom. The van der Waals surface area contributed by atoms with E-state index >= 15 is 0 Å². The van der Waals surface area contributed by atoms with Gasteiger partial charge in [-0.05, 0) is 86.1 Å². The summed E-state index contributed by atoms with van der Waals surface area (Å²) in [5.41, 5.74) is -0.00390. The highest BCUT2D eigenvalue weighted by atomic mass is 79.9. The first-order chi connectivity index (χ1) is 19.8. The Hall–Kier alpha value is -4.10. The van der Waals surface area contributed by atoms with Crippen molar-refractivity contribution < 1.29 is 26.9 Å². The number of pyridine rings is 2. The number of nitrogens with zero attached hydrogens (tertiary/aromatic N) is 4. The van der Waals surface area contributed by atoms with Crippen molar-refractivity contribution in [2.45, 2.75) is 38.9 Å². The third-order valence-electron chi connectivity index (χ3n) is 6.52. The molecule has 0 radical (unpaired) electrons. The van der Waals surface area contributed by atoms with Crippen molar-refractivity contribution in [2.24, 2.45) is 0 Å². The van der Waals surface area contributed by atoms with Crippen LogP contribution in [0.5, 0.6) is 0 Å². The molecule has 0 N–H and O–H groups in total. The Bertz CT molecular complexity index is 1620. The number of rotatable bonds is 2. The van der Waals surface area contributed by atoms with E-state index in [2.05, 4.69) is 25.9 Å². The van der Waals surface area contributed by atoms with E-state index in [1.165, 1.54) is 55.1 Å². The minimum Gasteiger partial charge on any atom is -0.399 e. The first-order valence-electron chi connectivity index (χ1n) is 12.4. The maximum absolute atomic E-state index is 13.9. The number of halogens is 5. The summed E-state index contributed by atoms with van der Waals surface area (Å²) in [6.45, 7) is 7.65. The topological polar surface area (TPSA) is 91.8 Å². The molecule has 5 rings (SSSR count). The Morgan fingerprint density at radius 1 is 0.690 bits per heavy atom. The SMILES string of the molecule is CC1(C)OB(c2ccc(C#N)cc2F)OC1(C)C.Fc1ccncc1Br.N#Cc1ccc(-c2cnccc2F)c(F)c1. The number of hydrogen-bond donors (Lipinski definition) is 0. The number of aromatic nitrogens is 2. The summed E-state index contributed by atoms with van der Waals surface area (Å²) in [6, 6.07) is 14.3. The zero-order chi connectivity index (χ0) is 31.1. The summed E-state index contributed by atoms with van der Waals surface area (Å²) in [4.78, 5) is 7.39. The molecule has 1 saturated heterocycles. The van der Waals surface area contributed by atoms with E-state index in [-0.39, 0.29) is 28.1 Å². The maximum Gasteiger partial charge on any atom is 0.497 e. The highest BCUT2D eigenvalue weighted by Gasteiger charge is 2.52. The van der Waals surface area contributed by atoms with E-state index in [9.17, 15) is 17.6 Å². The molecule has 2 aromatic carbocycles. The summed E-state index contributed by atoms with van der Waals surface area (Å²) in [7, 11) is -0.734. The van der Waals surface area contributed by atoms with Crippen LogP contribution in [0.15, 0.2) is 77.8 Å². The van der Waals surface area contributed by atoms with Crippen molar-refractivity contribution in [1.82, 2.24) is 9.97 Å². The van der Waals surface area contributed by atoms with Gasteiger partial charge in [-0.15, -0.1) is 0 Å². The van der Waals surface area contributed by atoms with Crippen LogP contribution < -0.4 is 5.46 Å². The summed E-state index contributed by atoms with van der Waals surface area (Å²) < 4.78 is 65.0. The molecule has 1 aliphatic heterocycles. The van der Waals surface area contributed by atoms with E-state index < -0.39 is 35.8 Å². The lowest BCUT2D eigenvalue weighted by Crippen LogP contribution is -2.41. The molecule has 12 heteroatoms. The maximum atomic E-state index is 13.9. The van der Waals surface area contributed by atoms with Gasteiger partial charge in [0.1, 0.15) is 23.3 Å². The average molecular weight is 639 g/mol. The third-order valence-corrected chi connectivity index (χ3v) is 7.10. The van der Waals surface area contributed by atoms with Gasteiger partial charge in [-0.25, -0.2) is 17.6 Å². The normalized spacial score (nSPS) is 14.4. The van der Waals surface area contributed by atoms with Gasteiger partial charge in [0.15, 0.2) is 0 Å². The standard InChI is InChI=1S/C13H15BFNO2.C12H6F2N2.C5H3BrFN/c1-12(2)13(3,4)18-14(17-12)10-6-5-9(8-16)7-11(10)15;13-11-3-4-16-7-10(11)9-2-1-8(6-15)5-12(9)14;6-4-3-8-2-1-5(4)7/h5-7H,1-4H3;1-5,7H;1-3H. The molecule has 0 bridgehead atoms. The Kier molecular flexibility index (Phi) is 10.6. The van der Waals surface area contributed by atoms with Crippen molar-refractivity contribution in [3.8, 4) is 23.3 Å². The molecule has 0 saturated carbocycles. The molecule has 42 heavy (non-hydrogen) atoms. The van der Waals surface area contributed by atoms with Crippen LogP contribution in [-0.2, 0) is 9.31 Å². The molecule has 2 aromatic heterocycles. The fourth-order valence-corrected chi connectivity index (χ4v) is 3.75. The van der Waals surface area contributed by atoms with Crippen molar-refractivity contribution in [3.05, 3.63) is 112 Å². The van der Waals surface area contributed by atoms with Crippen LogP contribution in [0.3, 0.4) is 0 Å². The number of hydrogen-bond acceptors (Lipinski definition) is 6. The summed E-state index contributed by atoms with van der Waals surface area (Å²) >= 11 is 2.96. The van der Waals surface area contributed by atoms with E-state index in [1.807, 2.05) is 39.8 Å². The van der Waals surface area contributed by atoms with Crippen LogP contribution in [0.1, 0.15) is 38.8 Å². The minimum absolute atomic E-state index is 0.0875. The summed E-state index contributed by atoms with van der Waals surface area (Å²) in [5.74, 6) is -1.93. The van der Waals surface area contributed by atoms with Crippen molar-refractivity contribution in [2.75, 3.05) is 0 Å². The van der Waals surface area contributed by atoms with Crippen LogP contribution in [0.4, 0.5) is 17.6 Å². The van der Waals surface area contributed by atoms with Crippen LogP contribution in [0, 0.1) is 45.9 Å². The van der Waals surface area contributed by atoms with Crippen molar-refractivity contribution >= 4 is 28.5 Å². The predicted octanol–water partition coefficient (Wildman–Crippen LogP) is 6.88. The first kappa shape index (κ1) is 32.4. The van der Waals surface area contributed by atoms with Crippen LogP contribution in [0.25, 0.3) is 11.1 Å². The smallest absolute Gasteiger partial charge is 0.399 e. The van der Waals surface area contributed by atoms with E-state index in [4.69, 9.17) is 19.8 Å². The predicted molar refractivity (Wildman–Crippen MR) is 153 cm³/mol. The fraction of sp³-hybridized carbons (Fsp3) is 0.200. The Labute approximate surface area is 249 Å². The van der Waals surface area contributed by atoms with Gasteiger partial charge in [0.2, 0.25) is 0 Å². The Balaban J connectivity index is 0.000000185. The minimum atomic E-state index is -0.734. The zero-order valence-corrected chi connectivity index (χ0v) is 24.6. The molecule has 4 aromatic rings. The molecular weight excluding hydrogens is 615 g/mol. The van der Waals surface area contributed by atoms with Gasteiger partial charge in [0, 0.05) is 41.4 Å². The van der Waals surface area contributed by atoms with Gasteiger partial charge in [0.05, 0.1) is 38.9 Å². The monoisotopic (exact) mass is 638 g/mol. The fourth-order valence-electron chi connectivity index (χ4n) is 3.49. The zero-order valence-electron chi connectivity index (χ0n) is 23.0. The van der Waals surface area contributed by atoms with Gasteiger partial charge in [-0.3, -0.25) is 9.97 Å². The Morgan fingerprint density at radius 3 is 1.67 bits per heavy atom. The van der Waals surface area contributed by atoms with E-state index in [0.29, 0.717) is 9.94 Å². The molecule has 1 aliphatic rings. The van der Waals surface area contributed by atoms with Gasteiger partial charge >= 0.3 is 7.12 Å². The second-order valence-electron chi connectivity index (χ2n) is 9.89. The lowest BCUT2D eigenvalue weighted by Gasteiger charge is -2.32. The molecule has 0 atom stereocenters. The largest absolute Gasteiger partial charge is 0.497 e. The average Bonchev–Trinajstić information content (AvgIpc) is 3.17. The van der Waals surface area contributed by atoms with Crippen LogP contribution in [-0.4, -0.2) is 28.3 Å². The quantitative estimate of drug-likeness (QED) is 0.176. The van der Waals surface area contributed by atoms with Gasteiger partial charge in [-0.2, -0.15) is 10.5 Å². The van der Waals surface area contributed by atoms with Gasteiger partial charge in [-0.1, -0.05) is 6.07 Å². The molecule has 1 fully saturated rings. The number of nitriles is 2. The molecule has 0 aliphatic carbocycles. The molecule has 6 nitrogen and oxygen atoms in total. The molecule has 0 unspecified atom stereocenters. The molecule has 0 spiro atoms. The lowest BCUT2D eigenvalue weighted by molar-refractivity contribution is 0.00578. The second kappa shape index (κ2) is 13.7. The first-order valence-corrected chi connectivity index (χ1v) is 13.2. The van der Waals surface area contributed by atoms with E-state index in [0.717, 1.165) is 12.1 Å². The van der Waals surface area contributed by atoms with Crippen molar-refractivity contribution in [3.63, 3.8) is 0 Å².